The van der Waals surface area contributed by atoms with Crippen molar-refractivity contribution in [2.45, 2.75) is 52.5 Å². The van der Waals surface area contributed by atoms with Crippen molar-refractivity contribution in [3.05, 3.63) is 34.9 Å². The number of amides is 2. The van der Waals surface area contributed by atoms with Gasteiger partial charge in [0.15, 0.2) is 0 Å². The van der Waals surface area contributed by atoms with Gasteiger partial charge in [-0.25, -0.2) is 0 Å². The molecule has 4 nitrogen and oxygen atoms in total. The summed E-state index contributed by atoms with van der Waals surface area (Å²) in [4.78, 5) is 24.0. The molecule has 2 rings (SSSR count). The van der Waals surface area contributed by atoms with Gasteiger partial charge in [-0.3, -0.25) is 9.59 Å². The van der Waals surface area contributed by atoms with Gasteiger partial charge < -0.3 is 10.6 Å². The SMILES string of the molecule is Cc1ccc(C(=O)NCC(=O)NC2CCCC(C)C2)cc1C. The predicted octanol–water partition coefficient (Wildman–Crippen LogP) is 2.73. The summed E-state index contributed by atoms with van der Waals surface area (Å²) in [5, 5.41) is 5.72. The average Bonchev–Trinajstić information content (AvgIpc) is 2.47. The maximum atomic E-state index is 12.1. The molecule has 2 atom stereocenters. The van der Waals surface area contributed by atoms with Crippen LogP contribution in [0, 0.1) is 19.8 Å². The highest BCUT2D eigenvalue weighted by Gasteiger charge is 2.20. The highest BCUT2D eigenvalue weighted by atomic mass is 16.2. The van der Waals surface area contributed by atoms with Gasteiger partial charge in [0.25, 0.3) is 5.91 Å². The van der Waals surface area contributed by atoms with E-state index in [1.165, 1.54) is 12.8 Å². The summed E-state index contributed by atoms with van der Waals surface area (Å²) < 4.78 is 0. The largest absolute Gasteiger partial charge is 0.352 e. The van der Waals surface area contributed by atoms with E-state index in [9.17, 15) is 9.59 Å². The van der Waals surface area contributed by atoms with Gasteiger partial charge in [0.1, 0.15) is 0 Å². The molecule has 0 aromatic heterocycles. The number of carbonyl (C=O) groups excluding carboxylic acids is 2. The number of benzene rings is 1. The van der Waals surface area contributed by atoms with Gasteiger partial charge in [-0.2, -0.15) is 0 Å². The van der Waals surface area contributed by atoms with E-state index in [0.29, 0.717) is 11.5 Å². The lowest BCUT2D eigenvalue weighted by Crippen LogP contribution is -2.43. The Labute approximate surface area is 132 Å². The lowest BCUT2D eigenvalue weighted by Gasteiger charge is -2.27. The molecular formula is C18H26N2O2. The van der Waals surface area contributed by atoms with Crippen LogP contribution in [-0.2, 0) is 4.79 Å². The molecule has 1 aromatic rings. The van der Waals surface area contributed by atoms with Crippen LogP contribution in [0.1, 0.15) is 54.1 Å². The minimum atomic E-state index is -0.199. The van der Waals surface area contributed by atoms with E-state index < -0.39 is 0 Å². The summed E-state index contributed by atoms with van der Waals surface area (Å²) in [6, 6.07) is 5.83. The van der Waals surface area contributed by atoms with Gasteiger partial charge in [0.2, 0.25) is 5.91 Å². The third-order valence-corrected chi connectivity index (χ3v) is 4.48. The molecule has 0 radical (unpaired) electrons. The van der Waals surface area contributed by atoms with Crippen molar-refractivity contribution in [3.8, 4) is 0 Å². The van der Waals surface area contributed by atoms with E-state index >= 15 is 0 Å². The number of hydrogen-bond donors (Lipinski definition) is 2. The third kappa shape index (κ3) is 4.58. The minimum absolute atomic E-state index is 0.0383. The first kappa shape index (κ1) is 16.5. The van der Waals surface area contributed by atoms with Crippen molar-refractivity contribution < 1.29 is 9.59 Å². The van der Waals surface area contributed by atoms with Gasteiger partial charge in [0.05, 0.1) is 6.54 Å². The second-order valence-corrected chi connectivity index (χ2v) is 6.52. The molecule has 120 valence electrons. The third-order valence-electron chi connectivity index (χ3n) is 4.48. The van der Waals surface area contributed by atoms with Crippen LogP contribution in [0.3, 0.4) is 0 Å². The van der Waals surface area contributed by atoms with Gasteiger partial charge in [-0.15, -0.1) is 0 Å². The second-order valence-electron chi connectivity index (χ2n) is 6.52. The van der Waals surface area contributed by atoms with E-state index in [4.69, 9.17) is 0 Å². The number of nitrogens with one attached hydrogen (secondary N) is 2. The first-order chi connectivity index (χ1) is 10.5. The summed E-state index contributed by atoms with van der Waals surface area (Å²) >= 11 is 0. The van der Waals surface area contributed by atoms with Gasteiger partial charge >= 0.3 is 0 Å². The molecule has 1 aliphatic rings. The van der Waals surface area contributed by atoms with Crippen molar-refractivity contribution in [2.75, 3.05) is 6.54 Å². The fourth-order valence-electron chi connectivity index (χ4n) is 2.99. The number of aryl methyl sites for hydroxylation is 2. The molecule has 2 unspecified atom stereocenters. The lowest BCUT2D eigenvalue weighted by molar-refractivity contribution is -0.121. The Morgan fingerprint density at radius 2 is 1.95 bits per heavy atom. The van der Waals surface area contributed by atoms with Crippen LogP contribution < -0.4 is 10.6 Å². The summed E-state index contributed by atoms with van der Waals surface area (Å²) in [5.74, 6) is 0.371. The van der Waals surface area contributed by atoms with Crippen molar-refractivity contribution in [1.29, 1.82) is 0 Å². The summed E-state index contributed by atoms with van der Waals surface area (Å²) in [6.45, 7) is 6.25. The first-order valence-electron chi connectivity index (χ1n) is 8.10. The quantitative estimate of drug-likeness (QED) is 0.898. The smallest absolute Gasteiger partial charge is 0.251 e. The Bertz CT molecular complexity index is 554. The predicted molar refractivity (Wildman–Crippen MR) is 87.8 cm³/mol. The van der Waals surface area contributed by atoms with Crippen LogP contribution in [0.4, 0.5) is 0 Å². The standard InChI is InChI=1S/C18H26N2O2/c1-12-5-4-6-16(9-12)20-17(21)11-19-18(22)15-8-7-13(2)14(3)10-15/h7-8,10,12,16H,4-6,9,11H2,1-3H3,(H,19,22)(H,20,21). The Kier molecular flexibility index (Phi) is 5.58. The Hall–Kier alpha value is -1.84. The van der Waals surface area contributed by atoms with Crippen molar-refractivity contribution in [1.82, 2.24) is 10.6 Å². The summed E-state index contributed by atoms with van der Waals surface area (Å²) in [6.07, 6.45) is 4.50. The molecule has 1 saturated carbocycles. The number of rotatable bonds is 4. The fraction of sp³-hybridized carbons (Fsp3) is 0.556. The van der Waals surface area contributed by atoms with Crippen LogP contribution in [0.15, 0.2) is 18.2 Å². The molecule has 1 fully saturated rings. The van der Waals surface area contributed by atoms with E-state index in [-0.39, 0.29) is 24.4 Å². The van der Waals surface area contributed by atoms with Crippen molar-refractivity contribution >= 4 is 11.8 Å². The lowest BCUT2D eigenvalue weighted by atomic mass is 9.87. The number of carbonyl (C=O) groups is 2. The molecule has 1 aliphatic carbocycles. The zero-order chi connectivity index (χ0) is 16.1. The van der Waals surface area contributed by atoms with Gasteiger partial charge in [0, 0.05) is 11.6 Å². The monoisotopic (exact) mass is 302 g/mol. The van der Waals surface area contributed by atoms with Crippen molar-refractivity contribution in [3.63, 3.8) is 0 Å². The molecule has 0 heterocycles. The van der Waals surface area contributed by atoms with Crippen molar-refractivity contribution in [2.24, 2.45) is 5.92 Å². The molecule has 0 aliphatic heterocycles. The first-order valence-corrected chi connectivity index (χ1v) is 8.10. The molecule has 2 N–H and O–H groups in total. The number of hydrogen-bond acceptors (Lipinski definition) is 2. The van der Waals surface area contributed by atoms with Gasteiger partial charge in [-0.05, 0) is 55.9 Å². The Balaban J connectivity index is 1.80. The van der Waals surface area contributed by atoms with Crippen LogP contribution >= 0.6 is 0 Å². The molecule has 4 heteroatoms. The molecule has 0 bridgehead atoms. The zero-order valence-corrected chi connectivity index (χ0v) is 13.7. The van der Waals surface area contributed by atoms with Crippen LogP contribution in [-0.4, -0.2) is 24.4 Å². The van der Waals surface area contributed by atoms with E-state index in [0.717, 1.165) is 24.0 Å². The van der Waals surface area contributed by atoms with Crippen LogP contribution in [0.25, 0.3) is 0 Å². The van der Waals surface area contributed by atoms with E-state index in [1.54, 1.807) is 6.07 Å². The normalized spacial score (nSPS) is 21.2. The Morgan fingerprint density at radius 3 is 2.64 bits per heavy atom. The Morgan fingerprint density at radius 1 is 1.18 bits per heavy atom. The summed E-state index contributed by atoms with van der Waals surface area (Å²) in [5.41, 5.74) is 2.83. The topological polar surface area (TPSA) is 58.2 Å². The second kappa shape index (κ2) is 7.43. The average molecular weight is 302 g/mol. The molecule has 1 aromatic carbocycles. The molecule has 0 spiro atoms. The zero-order valence-electron chi connectivity index (χ0n) is 13.7. The maximum Gasteiger partial charge on any atom is 0.251 e. The van der Waals surface area contributed by atoms with E-state index in [1.807, 2.05) is 26.0 Å². The van der Waals surface area contributed by atoms with E-state index in [2.05, 4.69) is 17.6 Å². The van der Waals surface area contributed by atoms with Crippen LogP contribution in [0.5, 0.6) is 0 Å². The molecule has 2 amide bonds. The molecule has 22 heavy (non-hydrogen) atoms. The van der Waals surface area contributed by atoms with Gasteiger partial charge in [-0.1, -0.05) is 25.8 Å². The van der Waals surface area contributed by atoms with Crippen LogP contribution in [0.2, 0.25) is 0 Å². The highest BCUT2D eigenvalue weighted by molar-refractivity contribution is 5.96. The minimum Gasteiger partial charge on any atom is -0.352 e. The summed E-state index contributed by atoms with van der Waals surface area (Å²) in [7, 11) is 0. The molecular weight excluding hydrogens is 276 g/mol. The maximum absolute atomic E-state index is 12.1. The molecule has 0 saturated heterocycles. The fourth-order valence-corrected chi connectivity index (χ4v) is 2.99. The highest BCUT2D eigenvalue weighted by Crippen LogP contribution is 2.23.